The number of ether oxygens (including phenoxy) is 1. The van der Waals surface area contributed by atoms with Crippen molar-refractivity contribution in [2.45, 2.75) is 25.5 Å². The largest absolute Gasteiger partial charge is 0.394 e. The van der Waals surface area contributed by atoms with Gasteiger partial charge in [-0.15, -0.1) is 11.3 Å². The summed E-state index contributed by atoms with van der Waals surface area (Å²) >= 11 is 1.65. The molecule has 0 aliphatic carbocycles. The lowest BCUT2D eigenvalue weighted by Crippen LogP contribution is -2.43. The molecule has 0 radical (unpaired) electrons. The maximum atomic E-state index is 11.8. The molecule has 1 amide bonds. The number of thiophene rings is 1. The number of aliphatic hydroxyl groups is 1. The van der Waals surface area contributed by atoms with Gasteiger partial charge in [0.2, 0.25) is 5.91 Å². The van der Waals surface area contributed by atoms with Crippen LogP contribution in [0.5, 0.6) is 0 Å². The van der Waals surface area contributed by atoms with Gasteiger partial charge in [0.1, 0.15) is 0 Å². The van der Waals surface area contributed by atoms with E-state index in [1.54, 1.807) is 11.3 Å². The third-order valence-electron chi connectivity index (χ3n) is 3.39. The van der Waals surface area contributed by atoms with Crippen molar-refractivity contribution >= 4 is 17.2 Å². The second-order valence-corrected chi connectivity index (χ2v) is 5.96. The average Bonchev–Trinajstić information content (AvgIpc) is 2.98. The number of hydrogen-bond donors (Lipinski definition) is 2. The Bertz CT molecular complexity index is 389. The Kier molecular flexibility index (Phi) is 6.46. The predicted octanol–water partition coefficient (Wildman–Crippen LogP) is 0.838. The Labute approximate surface area is 123 Å². The maximum Gasteiger partial charge on any atom is 0.234 e. The number of aliphatic hydroxyl groups excluding tert-OH is 1. The first-order chi connectivity index (χ1) is 9.78. The van der Waals surface area contributed by atoms with Gasteiger partial charge in [-0.1, -0.05) is 6.07 Å². The summed E-state index contributed by atoms with van der Waals surface area (Å²) in [7, 11) is 0. The van der Waals surface area contributed by atoms with Gasteiger partial charge in [0.25, 0.3) is 0 Å². The van der Waals surface area contributed by atoms with Gasteiger partial charge in [0, 0.05) is 18.0 Å². The minimum atomic E-state index is 0.0747. The highest BCUT2D eigenvalue weighted by atomic mass is 32.1. The van der Waals surface area contributed by atoms with Crippen molar-refractivity contribution in [1.29, 1.82) is 0 Å². The lowest BCUT2D eigenvalue weighted by molar-refractivity contribution is -0.123. The van der Waals surface area contributed by atoms with Crippen molar-refractivity contribution < 1.29 is 14.6 Å². The number of piperidine rings is 1. The van der Waals surface area contributed by atoms with Gasteiger partial charge in [-0.05, 0) is 24.3 Å². The van der Waals surface area contributed by atoms with E-state index in [9.17, 15) is 4.79 Å². The molecule has 20 heavy (non-hydrogen) atoms. The molecule has 2 rings (SSSR count). The molecular formula is C14H22N2O3S. The maximum absolute atomic E-state index is 11.8. The van der Waals surface area contributed by atoms with Gasteiger partial charge < -0.3 is 15.2 Å². The van der Waals surface area contributed by atoms with Crippen LogP contribution in [0.15, 0.2) is 17.5 Å². The number of likely N-dealkylation sites (tertiary alicyclic amines) is 1. The van der Waals surface area contributed by atoms with E-state index in [0.717, 1.165) is 25.9 Å². The normalized spacial score (nSPS) is 17.2. The molecule has 1 aliphatic heterocycles. The molecule has 2 N–H and O–H groups in total. The highest BCUT2D eigenvalue weighted by Crippen LogP contribution is 2.13. The highest BCUT2D eigenvalue weighted by molar-refractivity contribution is 7.09. The SMILES string of the molecule is O=C(CN1CCC(OCCO)CC1)NCc1cccs1. The lowest BCUT2D eigenvalue weighted by Gasteiger charge is -2.31. The van der Waals surface area contributed by atoms with Gasteiger partial charge in [-0.3, -0.25) is 9.69 Å². The van der Waals surface area contributed by atoms with Crippen molar-refractivity contribution in [1.82, 2.24) is 10.2 Å². The van der Waals surface area contributed by atoms with E-state index in [-0.39, 0.29) is 18.6 Å². The van der Waals surface area contributed by atoms with Crippen LogP contribution < -0.4 is 5.32 Å². The molecule has 6 heteroatoms. The highest BCUT2D eigenvalue weighted by Gasteiger charge is 2.20. The number of rotatable bonds is 7. The fraction of sp³-hybridized carbons (Fsp3) is 0.643. The summed E-state index contributed by atoms with van der Waals surface area (Å²) in [5.74, 6) is 0.0770. The first kappa shape index (κ1) is 15.4. The van der Waals surface area contributed by atoms with E-state index < -0.39 is 0 Å². The van der Waals surface area contributed by atoms with Crippen molar-refractivity contribution in [3.8, 4) is 0 Å². The molecule has 1 saturated heterocycles. The Hall–Kier alpha value is -0.950. The van der Waals surface area contributed by atoms with E-state index in [0.29, 0.717) is 19.7 Å². The smallest absolute Gasteiger partial charge is 0.234 e. The van der Waals surface area contributed by atoms with Crippen LogP contribution in [0.3, 0.4) is 0 Å². The summed E-state index contributed by atoms with van der Waals surface area (Å²) in [5.41, 5.74) is 0. The minimum Gasteiger partial charge on any atom is -0.394 e. The van der Waals surface area contributed by atoms with Crippen LogP contribution in [0.1, 0.15) is 17.7 Å². The molecule has 1 aromatic rings. The Balaban J connectivity index is 1.61. The Morgan fingerprint density at radius 2 is 2.30 bits per heavy atom. The summed E-state index contributed by atoms with van der Waals surface area (Å²) < 4.78 is 5.51. The molecule has 112 valence electrons. The van der Waals surface area contributed by atoms with Gasteiger partial charge in [-0.2, -0.15) is 0 Å². The van der Waals surface area contributed by atoms with Crippen LogP contribution in [-0.4, -0.2) is 54.9 Å². The standard InChI is InChI=1S/C14H22N2O3S/c17-7-8-19-12-3-5-16(6-4-12)11-14(18)15-10-13-2-1-9-20-13/h1-2,9,12,17H,3-8,10-11H2,(H,15,18). The summed E-state index contributed by atoms with van der Waals surface area (Å²) in [6.45, 7) is 3.31. The van der Waals surface area contributed by atoms with Crippen molar-refractivity contribution in [3.05, 3.63) is 22.4 Å². The molecule has 0 saturated carbocycles. The van der Waals surface area contributed by atoms with Crippen LogP contribution in [0.2, 0.25) is 0 Å². The monoisotopic (exact) mass is 298 g/mol. The number of nitrogens with zero attached hydrogens (tertiary/aromatic N) is 1. The second kappa shape index (κ2) is 8.36. The van der Waals surface area contributed by atoms with Gasteiger partial charge >= 0.3 is 0 Å². The average molecular weight is 298 g/mol. The number of amides is 1. The molecule has 0 atom stereocenters. The summed E-state index contributed by atoms with van der Waals surface area (Å²) in [6.07, 6.45) is 2.09. The molecule has 0 spiro atoms. The molecule has 0 unspecified atom stereocenters. The summed E-state index contributed by atoms with van der Waals surface area (Å²) in [4.78, 5) is 15.2. The molecule has 0 aromatic carbocycles. The quantitative estimate of drug-likeness (QED) is 0.783. The summed E-state index contributed by atoms with van der Waals surface area (Å²) in [5, 5.41) is 13.7. The third-order valence-corrected chi connectivity index (χ3v) is 4.26. The minimum absolute atomic E-state index is 0.0747. The number of nitrogens with one attached hydrogen (secondary N) is 1. The van der Waals surface area contributed by atoms with Gasteiger partial charge in [0.05, 0.1) is 32.4 Å². The first-order valence-electron chi connectivity index (χ1n) is 7.02. The molecule has 1 aromatic heterocycles. The second-order valence-electron chi connectivity index (χ2n) is 4.93. The summed E-state index contributed by atoms with van der Waals surface area (Å²) in [6, 6.07) is 4.01. The lowest BCUT2D eigenvalue weighted by atomic mass is 10.1. The number of hydrogen-bond acceptors (Lipinski definition) is 5. The first-order valence-corrected chi connectivity index (χ1v) is 7.90. The molecule has 1 aliphatic rings. The van der Waals surface area contributed by atoms with Crippen LogP contribution in [-0.2, 0) is 16.1 Å². The van der Waals surface area contributed by atoms with Crippen molar-refractivity contribution in [2.75, 3.05) is 32.8 Å². The molecule has 2 heterocycles. The molecular weight excluding hydrogens is 276 g/mol. The zero-order chi connectivity index (χ0) is 14.2. The predicted molar refractivity (Wildman–Crippen MR) is 78.7 cm³/mol. The van der Waals surface area contributed by atoms with Gasteiger partial charge in [0.15, 0.2) is 0 Å². The van der Waals surface area contributed by atoms with Crippen LogP contribution in [0.4, 0.5) is 0 Å². The van der Waals surface area contributed by atoms with E-state index in [1.807, 2.05) is 17.5 Å². The zero-order valence-electron chi connectivity index (χ0n) is 11.6. The zero-order valence-corrected chi connectivity index (χ0v) is 12.4. The van der Waals surface area contributed by atoms with Crippen LogP contribution >= 0.6 is 11.3 Å². The molecule has 1 fully saturated rings. The topological polar surface area (TPSA) is 61.8 Å². The molecule has 0 bridgehead atoms. The Morgan fingerprint density at radius 3 is 2.95 bits per heavy atom. The van der Waals surface area contributed by atoms with E-state index in [4.69, 9.17) is 9.84 Å². The fourth-order valence-corrected chi connectivity index (χ4v) is 2.96. The van der Waals surface area contributed by atoms with Crippen LogP contribution in [0.25, 0.3) is 0 Å². The number of carbonyl (C=O) groups is 1. The molecule has 5 nitrogen and oxygen atoms in total. The van der Waals surface area contributed by atoms with Crippen molar-refractivity contribution in [3.63, 3.8) is 0 Å². The fourth-order valence-electron chi connectivity index (χ4n) is 2.31. The Morgan fingerprint density at radius 1 is 1.50 bits per heavy atom. The third kappa shape index (κ3) is 5.20. The van der Waals surface area contributed by atoms with Crippen molar-refractivity contribution in [2.24, 2.45) is 0 Å². The van der Waals surface area contributed by atoms with E-state index in [1.165, 1.54) is 4.88 Å². The van der Waals surface area contributed by atoms with E-state index >= 15 is 0 Å². The van der Waals surface area contributed by atoms with Crippen LogP contribution in [0, 0.1) is 0 Å². The number of carbonyl (C=O) groups excluding carboxylic acids is 1. The van der Waals surface area contributed by atoms with E-state index in [2.05, 4.69) is 10.2 Å². The van der Waals surface area contributed by atoms with Gasteiger partial charge in [-0.25, -0.2) is 0 Å².